The first-order valence-corrected chi connectivity index (χ1v) is 6.32. The summed E-state index contributed by atoms with van der Waals surface area (Å²) in [6.45, 7) is 0.903. The third-order valence-electron chi connectivity index (χ3n) is 3.41. The fraction of sp³-hybridized carbons (Fsp3) is 0.429. The van der Waals surface area contributed by atoms with Crippen molar-refractivity contribution in [2.75, 3.05) is 20.2 Å². The number of benzene rings is 1. The van der Waals surface area contributed by atoms with Crippen LogP contribution in [-0.4, -0.2) is 53.0 Å². The van der Waals surface area contributed by atoms with E-state index in [1.54, 1.807) is 0 Å². The maximum Gasteiger partial charge on any atom is 0.246 e. The largest absolute Gasteiger partial charge is 0.395 e. The molecule has 1 N–H and O–H groups in total. The lowest BCUT2D eigenvalue weighted by Gasteiger charge is -2.26. The Morgan fingerprint density at radius 1 is 1.32 bits per heavy atom. The number of imide groups is 1. The summed E-state index contributed by atoms with van der Waals surface area (Å²) in [5, 5.41) is 9.14. The molecule has 1 aromatic rings. The molecule has 0 radical (unpaired) electrons. The van der Waals surface area contributed by atoms with Gasteiger partial charge >= 0.3 is 0 Å². The van der Waals surface area contributed by atoms with Gasteiger partial charge in [0.1, 0.15) is 0 Å². The topological polar surface area (TPSA) is 60.9 Å². The van der Waals surface area contributed by atoms with Crippen LogP contribution in [0, 0.1) is 0 Å². The number of carbonyl (C=O) groups is 2. The summed E-state index contributed by atoms with van der Waals surface area (Å²) < 4.78 is 0. The van der Waals surface area contributed by atoms with Gasteiger partial charge in [-0.1, -0.05) is 30.3 Å². The first-order chi connectivity index (χ1) is 9.13. The Kier molecular flexibility index (Phi) is 4.29. The van der Waals surface area contributed by atoms with Gasteiger partial charge in [0.25, 0.3) is 0 Å². The fourth-order valence-electron chi connectivity index (χ4n) is 2.31. The van der Waals surface area contributed by atoms with Crippen LogP contribution in [0.5, 0.6) is 0 Å². The molecule has 19 heavy (non-hydrogen) atoms. The van der Waals surface area contributed by atoms with Crippen LogP contribution in [-0.2, 0) is 16.1 Å². The van der Waals surface area contributed by atoms with E-state index < -0.39 is 6.04 Å². The molecule has 1 aliphatic heterocycles. The van der Waals surface area contributed by atoms with Crippen molar-refractivity contribution in [2.45, 2.75) is 19.0 Å². The molecule has 1 aliphatic rings. The zero-order valence-corrected chi connectivity index (χ0v) is 11.0. The number of amides is 2. The van der Waals surface area contributed by atoms with Gasteiger partial charge in [-0.3, -0.25) is 19.4 Å². The van der Waals surface area contributed by atoms with Crippen molar-refractivity contribution < 1.29 is 14.7 Å². The van der Waals surface area contributed by atoms with Gasteiger partial charge in [-0.2, -0.15) is 0 Å². The molecule has 5 heteroatoms. The van der Waals surface area contributed by atoms with Gasteiger partial charge < -0.3 is 5.11 Å². The number of hydrogen-bond donors (Lipinski definition) is 1. The molecule has 0 aliphatic carbocycles. The normalized spacial score (nSPS) is 19.5. The molecule has 1 atom stereocenters. The summed E-state index contributed by atoms with van der Waals surface area (Å²) in [7, 11) is 1.50. The molecule has 1 heterocycles. The van der Waals surface area contributed by atoms with Crippen molar-refractivity contribution in [1.29, 1.82) is 0 Å². The van der Waals surface area contributed by atoms with Gasteiger partial charge in [0.2, 0.25) is 11.8 Å². The summed E-state index contributed by atoms with van der Waals surface area (Å²) in [5.41, 5.74) is 1.06. The van der Waals surface area contributed by atoms with Gasteiger partial charge in [0.15, 0.2) is 0 Å². The first-order valence-electron chi connectivity index (χ1n) is 6.32. The zero-order valence-electron chi connectivity index (χ0n) is 11.0. The number of aliphatic hydroxyl groups is 1. The summed E-state index contributed by atoms with van der Waals surface area (Å²) >= 11 is 0. The second kappa shape index (κ2) is 5.95. The Morgan fingerprint density at radius 3 is 2.53 bits per heavy atom. The van der Waals surface area contributed by atoms with Crippen LogP contribution in [0.3, 0.4) is 0 Å². The van der Waals surface area contributed by atoms with E-state index in [0.29, 0.717) is 13.1 Å². The van der Waals surface area contributed by atoms with E-state index in [2.05, 4.69) is 0 Å². The highest BCUT2D eigenvalue weighted by Gasteiger charge is 2.39. The van der Waals surface area contributed by atoms with Gasteiger partial charge in [-0.15, -0.1) is 0 Å². The van der Waals surface area contributed by atoms with Crippen molar-refractivity contribution >= 4 is 11.8 Å². The molecule has 1 aromatic carbocycles. The predicted molar refractivity (Wildman–Crippen MR) is 70.1 cm³/mol. The third kappa shape index (κ3) is 3.00. The van der Waals surface area contributed by atoms with Crippen molar-refractivity contribution in [3.8, 4) is 0 Å². The maximum absolute atomic E-state index is 12.0. The van der Waals surface area contributed by atoms with Gasteiger partial charge in [0.05, 0.1) is 19.1 Å². The van der Waals surface area contributed by atoms with Gasteiger partial charge in [-0.25, -0.2) is 0 Å². The fourth-order valence-corrected chi connectivity index (χ4v) is 2.31. The Morgan fingerprint density at radius 2 is 2.00 bits per heavy atom. The first kappa shape index (κ1) is 13.7. The quantitative estimate of drug-likeness (QED) is 0.772. The van der Waals surface area contributed by atoms with Crippen LogP contribution >= 0.6 is 0 Å². The second-order valence-electron chi connectivity index (χ2n) is 4.69. The molecule has 2 rings (SSSR count). The number of likely N-dealkylation sites (N-methyl/N-ethyl adjacent to an activating group) is 1. The van der Waals surface area contributed by atoms with Crippen molar-refractivity contribution in [1.82, 2.24) is 9.80 Å². The van der Waals surface area contributed by atoms with Gasteiger partial charge in [0, 0.05) is 20.1 Å². The second-order valence-corrected chi connectivity index (χ2v) is 4.69. The Bertz CT molecular complexity index is 461. The molecule has 1 saturated heterocycles. The summed E-state index contributed by atoms with van der Waals surface area (Å²) in [6.07, 6.45) is 0.197. The van der Waals surface area contributed by atoms with Crippen LogP contribution in [0.2, 0.25) is 0 Å². The number of carbonyl (C=O) groups excluding carboxylic acids is 2. The SMILES string of the molecule is CN1C(=O)CC(N(CCO)Cc2ccccc2)C1=O. The molecule has 0 aromatic heterocycles. The highest BCUT2D eigenvalue weighted by atomic mass is 16.3. The number of nitrogens with zero attached hydrogens (tertiary/aromatic N) is 2. The van der Waals surface area contributed by atoms with E-state index in [9.17, 15) is 9.59 Å². The average molecular weight is 262 g/mol. The highest BCUT2D eigenvalue weighted by molar-refractivity contribution is 6.05. The smallest absolute Gasteiger partial charge is 0.246 e. The van der Waals surface area contributed by atoms with E-state index in [4.69, 9.17) is 5.11 Å². The summed E-state index contributed by atoms with van der Waals surface area (Å²) in [4.78, 5) is 26.6. The number of likely N-dealkylation sites (tertiary alicyclic amines) is 1. The monoisotopic (exact) mass is 262 g/mol. The summed E-state index contributed by atoms with van der Waals surface area (Å²) in [6, 6.07) is 9.27. The number of aliphatic hydroxyl groups excluding tert-OH is 1. The number of rotatable bonds is 5. The average Bonchev–Trinajstić information content (AvgIpc) is 2.67. The van der Waals surface area contributed by atoms with E-state index in [0.717, 1.165) is 5.56 Å². The maximum atomic E-state index is 12.0. The Labute approximate surface area is 112 Å². The summed E-state index contributed by atoms with van der Waals surface area (Å²) in [5.74, 6) is -0.347. The molecule has 2 amide bonds. The molecular weight excluding hydrogens is 244 g/mol. The van der Waals surface area contributed by atoms with E-state index in [-0.39, 0.29) is 24.8 Å². The molecule has 5 nitrogen and oxygen atoms in total. The minimum absolute atomic E-state index is 0.0332. The lowest BCUT2D eigenvalue weighted by atomic mass is 10.1. The van der Waals surface area contributed by atoms with Crippen molar-refractivity contribution in [3.05, 3.63) is 35.9 Å². The lowest BCUT2D eigenvalue weighted by molar-refractivity contribution is -0.138. The molecule has 0 bridgehead atoms. The van der Waals surface area contributed by atoms with Crippen molar-refractivity contribution in [2.24, 2.45) is 0 Å². The lowest BCUT2D eigenvalue weighted by Crippen LogP contribution is -2.42. The van der Waals surface area contributed by atoms with Crippen LogP contribution in [0.1, 0.15) is 12.0 Å². The van der Waals surface area contributed by atoms with Crippen molar-refractivity contribution in [3.63, 3.8) is 0 Å². The van der Waals surface area contributed by atoms with Crippen LogP contribution in [0.4, 0.5) is 0 Å². The molecule has 0 saturated carbocycles. The van der Waals surface area contributed by atoms with E-state index in [1.165, 1.54) is 11.9 Å². The minimum Gasteiger partial charge on any atom is -0.395 e. The van der Waals surface area contributed by atoms with Gasteiger partial charge in [-0.05, 0) is 5.56 Å². The van der Waals surface area contributed by atoms with Crippen LogP contribution in [0.25, 0.3) is 0 Å². The third-order valence-corrected chi connectivity index (χ3v) is 3.41. The zero-order chi connectivity index (χ0) is 13.8. The Balaban J connectivity index is 2.12. The van der Waals surface area contributed by atoms with Crippen LogP contribution in [0.15, 0.2) is 30.3 Å². The molecule has 1 unspecified atom stereocenters. The Hall–Kier alpha value is -1.72. The standard InChI is InChI=1S/C14H18N2O3/c1-15-13(18)9-12(14(15)19)16(7-8-17)10-11-5-3-2-4-6-11/h2-6,12,17H,7-10H2,1H3. The van der Waals surface area contributed by atoms with E-state index >= 15 is 0 Å². The van der Waals surface area contributed by atoms with Crippen LogP contribution < -0.4 is 0 Å². The number of hydrogen-bond acceptors (Lipinski definition) is 4. The molecule has 1 fully saturated rings. The predicted octanol–water partition coefficient (Wildman–Crippen LogP) is 0.238. The molecular formula is C14H18N2O3. The van der Waals surface area contributed by atoms with E-state index in [1.807, 2.05) is 35.2 Å². The molecule has 0 spiro atoms. The highest BCUT2D eigenvalue weighted by Crippen LogP contribution is 2.19. The minimum atomic E-state index is -0.454. The molecule has 102 valence electrons.